The maximum atomic E-state index is 13.5. The van der Waals surface area contributed by atoms with Crippen LogP contribution >= 0.6 is 0 Å². The second-order valence-corrected chi connectivity index (χ2v) is 3.51. The van der Waals surface area contributed by atoms with Crippen LogP contribution in [0.15, 0.2) is 12.1 Å². The minimum atomic E-state index is -0.226. The third-order valence-electron chi connectivity index (χ3n) is 2.47. The van der Waals surface area contributed by atoms with E-state index in [1.54, 1.807) is 6.07 Å². The molecule has 0 amide bonds. The van der Waals surface area contributed by atoms with Crippen LogP contribution in [0.2, 0.25) is 0 Å². The Morgan fingerprint density at radius 3 is 2.93 bits per heavy atom. The fourth-order valence-corrected chi connectivity index (χ4v) is 1.69. The average Bonchev–Trinajstić information content (AvgIpc) is 2.69. The summed E-state index contributed by atoms with van der Waals surface area (Å²) in [5, 5.41) is 0. The molecule has 2 N–H and O–H groups in total. The summed E-state index contributed by atoms with van der Waals surface area (Å²) in [4.78, 5) is 0. The first-order valence-corrected chi connectivity index (χ1v) is 5.10. The smallest absolute Gasteiger partial charge is 0.231 e. The Morgan fingerprint density at radius 2 is 2.13 bits per heavy atom. The summed E-state index contributed by atoms with van der Waals surface area (Å²) < 4.78 is 23.9. The molecule has 0 unspecified atom stereocenters. The molecular weight excluding hydrogens is 197 g/mol. The van der Waals surface area contributed by atoms with Gasteiger partial charge in [0.25, 0.3) is 0 Å². The minimum absolute atomic E-state index is 0.183. The summed E-state index contributed by atoms with van der Waals surface area (Å²) in [6.07, 6.45) is 2.41. The molecule has 0 fully saturated rings. The molecule has 0 radical (unpaired) electrons. The molecule has 0 aromatic heterocycles. The van der Waals surface area contributed by atoms with Crippen molar-refractivity contribution in [2.75, 3.05) is 13.3 Å². The van der Waals surface area contributed by atoms with E-state index < -0.39 is 0 Å². The van der Waals surface area contributed by atoms with Gasteiger partial charge >= 0.3 is 0 Å². The summed E-state index contributed by atoms with van der Waals surface area (Å²) in [6, 6.07) is 3.02. The molecule has 0 bridgehead atoms. The van der Waals surface area contributed by atoms with Gasteiger partial charge in [0.15, 0.2) is 11.5 Å². The summed E-state index contributed by atoms with van der Waals surface area (Å²) in [7, 11) is 0. The standard InChI is InChI=1S/C11H14FNO2/c12-9-4-5-10-11(15-7-14-10)8(9)3-1-2-6-13/h4-5H,1-3,6-7,13H2. The molecule has 0 saturated carbocycles. The molecule has 4 heteroatoms. The molecular formula is C11H14FNO2. The van der Waals surface area contributed by atoms with Gasteiger partial charge in [-0.2, -0.15) is 0 Å². The monoisotopic (exact) mass is 211 g/mol. The number of hydrogen-bond acceptors (Lipinski definition) is 3. The van der Waals surface area contributed by atoms with E-state index in [1.165, 1.54) is 6.07 Å². The van der Waals surface area contributed by atoms with E-state index in [1.807, 2.05) is 0 Å². The van der Waals surface area contributed by atoms with Gasteiger partial charge in [-0.05, 0) is 37.9 Å². The van der Waals surface area contributed by atoms with E-state index in [9.17, 15) is 4.39 Å². The fraction of sp³-hybridized carbons (Fsp3) is 0.455. The van der Waals surface area contributed by atoms with Crippen LogP contribution < -0.4 is 15.2 Å². The van der Waals surface area contributed by atoms with Crippen LogP contribution in [0.3, 0.4) is 0 Å². The topological polar surface area (TPSA) is 44.5 Å². The normalized spacial score (nSPS) is 13.2. The average molecular weight is 211 g/mol. The highest BCUT2D eigenvalue weighted by Gasteiger charge is 2.20. The lowest BCUT2D eigenvalue weighted by molar-refractivity contribution is 0.173. The van der Waals surface area contributed by atoms with Gasteiger partial charge in [-0.25, -0.2) is 4.39 Å². The number of rotatable bonds is 4. The van der Waals surface area contributed by atoms with Gasteiger partial charge in [0.05, 0.1) is 0 Å². The lowest BCUT2D eigenvalue weighted by atomic mass is 10.1. The molecule has 0 saturated heterocycles. The molecule has 2 rings (SSSR count). The molecule has 1 aromatic carbocycles. The first kappa shape index (κ1) is 10.2. The largest absolute Gasteiger partial charge is 0.454 e. The van der Waals surface area contributed by atoms with Gasteiger partial charge in [-0.15, -0.1) is 0 Å². The van der Waals surface area contributed by atoms with E-state index in [2.05, 4.69) is 0 Å². The molecule has 0 atom stereocenters. The van der Waals surface area contributed by atoms with Crippen molar-refractivity contribution in [2.45, 2.75) is 19.3 Å². The predicted octanol–water partition coefficient (Wildman–Crippen LogP) is 1.84. The van der Waals surface area contributed by atoms with Gasteiger partial charge in [0.1, 0.15) is 5.82 Å². The Hall–Kier alpha value is -1.29. The highest BCUT2D eigenvalue weighted by Crippen LogP contribution is 2.37. The van der Waals surface area contributed by atoms with Crippen molar-refractivity contribution in [1.82, 2.24) is 0 Å². The van der Waals surface area contributed by atoms with Gasteiger partial charge in [-0.1, -0.05) is 0 Å². The number of fused-ring (bicyclic) bond motifs is 1. The number of hydrogen-bond donors (Lipinski definition) is 1. The maximum absolute atomic E-state index is 13.5. The van der Waals surface area contributed by atoms with Crippen molar-refractivity contribution in [1.29, 1.82) is 0 Å². The number of benzene rings is 1. The lowest BCUT2D eigenvalue weighted by Crippen LogP contribution is -2.01. The molecule has 0 spiro atoms. The van der Waals surface area contributed by atoms with Crippen molar-refractivity contribution in [3.63, 3.8) is 0 Å². The van der Waals surface area contributed by atoms with Crippen molar-refractivity contribution in [3.8, 4) is 11.5 Å². The van der Waals surface area contributed by atoms with Crippen molar-refractivity contribution >= 4 is 0 Å². The highest BCUT2D eigenvalue weighted by molar-refractivity contribution is 5.48. The van der Waals surface area contributed by atoms with Crippen LogP contribution in [0.1, 0.15) is 18.4 Å². The number of ether oxygens (including phenoxy) is 2. The van der Waals surface area contributed by atoms with Gasteiger partial charge in [0, 0.05) is 5.56 Å². The van der Waals surface area contributed by atoms with E-state index in [-0.39, 0.29) is 12.6 Å². The Labute approximate surface area is 88.0 Å². The fourth-order valence-electron chi connectivity index (χ4n) is 1.69. The van der Waals surface area contributed by atoms with Crippen LogP contribution in [0.4, 0.5) is 4.39 Å². The van der Waals surface area contributed by atoms with Crippen LogP contribution in [0.25, 0.3) is 0 Å². The first-order chi connectivity index (χ1) is 7.33. The number of unbranched alkanes of at least 4 members (excludes halogenated alkanes) is 1. The van der Waals surface area contributed by atoms with Crippen LogP contribution in [-0.4, -0.2) is 13.3 Å². The van der Waals surface area contributed by atoms with E-state index in [0.29, 0.717) is 30.0 Å². The summed E-state index contributed by atoms with van der Waals surface area (Å²) in [5.41, 5.74) is 6.00. The Bertz CT molecular complexity index is 355. The molecule has 3 nitrogen and oxygen atoms in total. The summed E-state index contributed by atoms with van der Waals surface area (Å²) in [5.74, 6) is 0.974. The molecule has 82 valence electrons. The molecule has 1 aliphatic heterocycles. The molecule has 1 heterocycles. The second kappa shape index (κ2) is 4.49. The first-order valence-electron chi connectivity index (χ1n) is 5.10. The summed E-state index contributed by atoms with van der Waals surface area (Å²) in [6.45, 7) is 0.816. The van der Waals surface area contributed by atoms with E-state index in [0.717, 1.165) is 12.8 Å². The van der Waals surface area contributed by atoms with Gasteiger partial charge < -0.3 is 15.2 Å². The van der Waals surface area contributed by atoms with Gasteiger partial charge in [-0.3, -0.25) is 0 Å². The Morgan fingerprint density at radius 1 is 1.27 bits per heavy atom. The van der Waals surface area contributed by atoms with Crippen molar-refractivity contribution in [2.24, 2.45) is 5.73 Å². The zero-order valence-corrected chi connectivity index (χ0v) is 8.46. The van der Waals surface area contributed by atoms with E-state index >= 15 is 0 Å². The molecule has 1 aromatic rings. The molecule has 0 aliphatic carbocycles. The Balaban J connectivity index is 2.17. The van der Waals surface area contributed by atoms with Gasteiger partial charge in [0.2, 0.25) is 6.79 Å². The predicted molar refractivity (Wildman–Crippen MR) is 54.5 cm³/mol. The molecule has 15 heavy (non-hydrogen) atoms. The molecule has 1 aliphatic rings. The number of halogens is 1. The number of nitrogens with two attached hydrogens (primary N) is 1. The third-order valence-corrected chi connectivity index (χ3v) is 2.47. The minimum Gasteiger partial charge on any atom is -0.454 e. The lowest BCUT2D eigenvalue weighted by Gasteiger charge is -2.06. The second-order valence-electron chi connectivity index (χ2n) is 3.51. The quantitative estimate of drug-likeness (QED) is 0.773. The van der Waals surface area contributed by atoms with Crippen LogP contribution in [0, 0.1) is 5.82 Å². The van der Waals surface area contributed by atoms with Crippen molar-refractivity contribution < 1.29 is 13.9 Å². The third kappa shape index (κ3) is 2.04. The maximum Gasteiger partial charge on any atom is 0.231 e. The highest BCUT2D eigenvalue weighted by atomic mass is 19.1. The van der Waals surface area contributed by atoms with E-state index in [4.69, 9.17) is 15.2 Å². The zero-order valence-electron chi connectivity index (χ0n) is 8.46. The van der Waals surface area contributed by atoms with Crippen molar-refractivity contribution in [3.05, 3.63) is 23.5 Å². The SMILES string of the molecule is NCCCCc1c(F)ccc2c1OCO2. The van der Waals surface area contributed by atoms with Crippen LogP contribution in [0.5, 0.6) is 11.5 Å². The summed E-state index contributed by atoms with van der Waals surface area (Å²) >= 11 is 0. The van der Waals surface area contributed by atoms with Crippen LogP contribution in [-0.2, 0) is 6.42 Å². The Kier molecular flexibility index (Phi) is 3.06. The zero-order chi connectivity index (χ0) is 10.7.